The average Bonchev–Trinajstić information content (AvgIpc) is 2.40. The van der Waals surface area contributed by atoms with E-state index in [0.717, 1.165) is 32.2 Å². The number of aliphatic hydroxyl groups is 1. The van der Waals surface area contributed by atoms with Gasteiger partial charge >= 0.3 is 0 Å². The highest BCUT2D eigenvalue weighted by atomic mass is 19.1. The van der Waals surface area contributed by atoms with Crippen molar-refractivity contribution in [2.24, 2.45) is 0 Å². The molecule has 1 fully saturated rings. The number of halogens is 1. The number of anilines is 1. The van der Waals surface area contributed by atoms with Gasteiger partial charge in [0.25, 0.3) is 0 Å². The molecule has 2 rings (SSSR count). The van der Waals surface area contributed by atoms with Crippen LogP contribution in [0.25, 0.3) is 0 Å². The Morgan fingerprint density at radius 1 is 1.42 bits per heavy atom. The molecule has 3 heteroatoms. The largest absolute Gasteiger partial charge is 0.389 e. The summed E-state index contributed by atoms with van der Waals surface area (Å²) in [5.41, 5.74) is 1.33. The lowest BCUT2D eigenvalue weighted by molar-refractivity contribution is 0.198. The van der Waals surface area contributed by atoms with Crippen LogP contribution in [0.1, 0.15) is 57.6 Å². The molecule has 1 aromatic carbocycles. The standard InChI is InChI=1S/C16H24FNO/c1-3-7-13-8-4-5-11-18(13)16-14(12(2)19)9-6-10-15(16)17/h6,9-10,12-13,19H,3-5,7-8,11H2,1-2H3/t12-,13?/m1/s1. The van der Waals surface area contributed by atoms with Crippen LogP contribution in [0.15, 0.2) is 18.2 Å². The van der Waals surface area contributed by atoms with Crippen molar-refractivity contribution >= 4 is 5.69 Å². The Labute approximate surface area is 115 Å². The maximum Gasteiger partial charge on any atom is 0.146 e. The van der Waals surface area contributed by atoms with Gasteiger partial charge in [-0.2, -0.15) is 0 Å². The van der Waals surface area contributed by atoms with E-state index < -0.39 is 6.10 Å². The lowest BCUT2D eigenvalue weighted by Gasteiger charge is -2.39. The van der Waals surface area contributed by atoms with Gasteiger partial charge in [-0.3, -0.25) is 0 Å². The predicted molar refractivity (Wildman–Crippen MR) is 76.9 cm³/mol. The zero-order valence-corrected chi connectivity index (χ0v) is 11.9. The summed E-state index contributed by atoms with van der Waals surface area (Å²) in [6, 6.07) is 5.42. The number of hydrogen-bond donors (Lipinski definition) is 1. The third-order valence-electron chi connectivity index (χ3n) is 4.00. The van der Waals surface area contributed by atoms with E-state index in [1.807, 2.05) is 6.07 Å². The summed E-state index contributed by atoms with van der Waals surface area (Å²) in [5.74, 6) is -0.207. The van der Waals surface area contributed by atoms with Crippen molar-refractivity contribution in [3.8, 4) is 0 Å². The maximum absolute atomic E-state index is 14.3. The summed E-state index contributed by atoms with van der Waals surface area (Å²) in [6.07, 6.45) is 5.03. The summed E-state index contributed by atoms with van der Waals surface area (Å²) in [6.45, 7) is 4.77. The molecule has 0 aliphatic carbocycles. The Morgan fingerprint density at radius 2 is 2.21 bits per heavy atom. The van der Waals surface area contributed by atoms with Crippen LogP contribution in [0.3, 0.4) is 0 Å². The molecule has 1 N–H and O–H groups in total. The van der Waals surface area contributed by atoms with E-state index in [1.54, 1.807) is 13.0 Å². The third kappa shape index (κ3) is 3.08. The number of nitrogens with zero attached hydrogens (tertiary/aromatic N) is 1. The van der Waals surface area contributed by atoms with E-state index >= 15 is 0 Å². The zero-order chi connectivity index (χ0) is 13.8. The molecule has 1 aromatic rings. The van der Waals surface area contributed by atoms with Gasteiger partial charge in [0.05, 0.1) is 11.8 Å². The van der Waals surface area contributed by atoms with Crippen LogP contribution < -0.4 is 4.90 Å². The molecule has 1 heterocycles. The summed E-state index contributed by atoms with van der Waals surface area (Å²) in [7, 11) is 0. The Morgan fingerprint density at radius 3 is 2.89 bits per heavy atom. The van der Waals surface area contributed by atoms with Crippen LogP contribution in [0.5, 0.6) is 0 Å². The minimum atomic E-state index is -0.630. The number of aliphatic hydroxyl groups excluding tert-OH is 1. The molecule has 0 bridgehead atoms. The number of benzene rings is 1. The first-order chi connectivity index (χ1) is 9.15. The van der Waals surface area contributed by atoms with Gasteiger partial charge in [-0.05, 0) is 38.7 Å². The smallest absolute Gasteiger partial charge is 0.146 e. The van der Waals surface area contributed by atoms with Gasteiger partial charge < -0.3 is 10.0 Å². The van der Waals surface area contributed by atoms with Crippen molar-refractivity contribution < 1.29 is 9.50 Å². The molecule has 1 aliphatic rings. The normalized spacial score (nSPS) is 21.5. The highest BCUT2D eigenvalue weighted by Gasteiger charge is 2.27. The molecular weight excluding hydrogens is 241 g/mol. The second-order valence-electron chi connectivity index (χ2n) is 5.49. The second-order valence-corrected chi connectivity index (χ2v) is 5.49. The first-order valence-corrected chi connectivity index (χ1v) is 7.38. The van der Waals surface area contributed by atoms with E-state index in [0.29, 0.717) is 17.3 Å². The summed E-state index contributed by atoms with van der Waals surface area (Å²) < 4.78 is 14.3. The molecule has 2 nitrogen and oxygen atoms in total. The van der Waals surface area contributed by atoms with Gasteiger partial charge in [0.2, 0.25) is 0 Å². The van der Waals surface area contributed by atoms with Crippen LogP contribution in [0, 0.1) is 5.82 Å². The fraction of sp³-hybridized carbons (Fsp3) is 0.625. The van der Waals surface area contributed by atoms with Crippen LogP contribution in [-0.2, 0) is 0 Å². The van der Waals surface area contributed by atoms with Gasteiger partial charge in [-0.1, -0.05) is 25.5 Å². The monoisotopic (exact) mass is 265 g/mol. The summed E-state index contributed by atoms with van der Waals surface area (Å²) in [5, 5.41) is 9.88. The predicted octanol–water partition coefficient (Wildman–Crippen LogP) is 4.04. The highest BCUT2D eigenvalue weighted by Crippen LogP contribution is 2.34. The van der Waals surface area contributed by atoms with Crippen LogP contribution in [0.2, 0.25) is 0 Å². The number of para-hydroxylation sites is 1. The molecular formula is C16H24FNO. The molecule has 1 unspecified atom stereocenters. The Hall–Kier alpha value is -1.09. The number of hydrogen-bond acceptors (Lipinski definition) is 2. The van der Waals surface area contributed by atoms with Crippen LogP contribution in [0.4, 0.5) is 10.1 Å². The van der Waals surface area contributed by atoms with Gasteiger partial charge in [0.15, 0.2) is 0 Å². The van der Waals surface area contributed by atoms with E-state index in [9.17, 15) is 9.50 Å². The lowest BCUT2D eigenvalue weighted by atomic mass is 9.95. The summed E-state index contributed by atoms with van der Waals surface area (Å²) in [4.78, 5) is 2.18. The molecule has 1 saturated heterocycles. The van der Waals surface area contributed by atoms with Gasteiger partial charge in [-0.25, -0.2) is 4.39 Å². The van der Waals surface area contributed by atoms with E-state index in [4.69, 9.17) is 0 Å². The molecule has 0 amide bonds. The van der Waals surface area contributed by atoms with Crippen molar-refractivity contribution in [3.63, 3.8) is 0 Å². The van der Waals surface area contributed by atoms with Gasteiger partial charge in [0, 0.05) is 18.2 Å². The fourth-order valence-corrected chi connectivity index (χ4v) is 3.10. The van der Waals surface area contributed by atoms with E-state index in [2.05, 4.69) is 11.8 Å². The van der Waals surface area contributed by atoms with Crippen molar-refractivity contribution in [1.29, 1.82) is 0 Å². The van der Waals surface area contributed by atoms with Crippen LogP contribution in [-0.4, -0.2) is 17.7 Å². The van der Waals surface area contributed by atoms with Gasteiger partial charge in [0.1, 0.15) is 5.82 Å². The molecule has 1 aliphatic heterocycles. The quantitative estimate of drug-likeness (QED) is 0.888. The van der Waals surface area contributed by atoms with Crippen LogP contribution >= 0.6 is 0 Å². The first kappa shape index (κ1) is 14.3. The van der Waals surface area contributed by atoms with Gasteiger partial charge in [-0.15, -0.1) is 0 Å². The SMILES string of the molecule is CCCC1CCCCN1c1c(F)cccc1[C@@H](C)O. The minimum absolute atomic E-state index is 0.207. The van der Waals surface area contributed by atoms with Crippen molar-refractivity contribution in [2.45, 2.75) is 58.1 Å². The Bertz CT molecular complexity index is 417. The average molecular weight is 265 g/mol. The molecule has 19 heavy (non-hydrogen) atoms. The Kier molecular flexibility index (Phi) is 4.81. The Balaban J connectivity index is 2.37. The topological polar surface area (TPSA) is 23.5 Å². The number of piperidine rings is 1. The van der Waals surface area contributed by atoms with Crippen molar-refractivity contribution in [1.82, 2.24) is 0 Å². The molecule has 2 atom stereocenters. The molecule has 106 valence electrons. The first-order valence-electron chi connectivity index (χ1n) is 7.38. The maximum atomic E-state index is 14.3. The van der Waals surface area contributed by atoms with Crippen molar-refractivity contribution in [3.05, 3.63) is 29.6 Å². The molecule has 0 saturated carbocycles. The lowest BCUT2D eigenvalue weighted by Crippen LogP contribution is -2.40. The minimum Gasteiger partial charge on any atom is -0.389 e. The summed E-state index contributed by atoms with van der Waals surface area (Å²) >= 11 is 0. The zero-order valence-electron chi connectivity index (χ0n) is 11.9. The van der Waals surface area contributed by atoms with E-state index in [-0.39, 0.29) is 5.82 Å². The number of rotatable bonds is 4. The highest BCUT2D eigenvalue weighted by molar-refractivity contribution is 5.56. The third-order valence-corrected chi connectivity index (χ3v) is 4.00. The fourth-order valence-electron chi connectivity index (χ4n) is 3.10. The van der Waals surface area contributed by atoms with Crippen molar-refractivity contribution in [2.75, 3.05) is 11.4 Å². The molecule has 0 spiro atoms. The molecule has 0 radical (unpaired) electrons. The molecule has 0 aromatic heterocycles. The van der Waals surface area contributed by atoms with E-state index in [1.165, 1.54) is 12.5 Å². The second kappa shape index (κ2) is 6.38.